The Hall–Kier alpha value is -3.04. The quantitative estimate of drug-likeness (QED) is 0.188. The predicted molar refractivity (Wildman–Crippen MR) is 182 cm³/mol. The Kier molecular flexibility index (Phi) is 8.42. The number of hydrogen-bond acceptors (Lipinski definition) is 0. The molecule has 0 spiro atoms. The lowest BCUT2D eigenvalue weighted by atomic mass is 10.1. The average Bonchev–Trinajstić information content (AvgIpc) is 2.91. The fourth-order valence-electron chi connectivity index (χ4n) is 6.18. The molecule has 202 valence electrons. The van der Waals surface area contributed by atoms with E-state index in [1.165, 1.54) is 76.3 Å². The minimum atomic E-state index is -0.786. The van der Waals surface area contributed by atoms with Crippen LogP contribution >= 0.6 is 15.8 Å². The minimum Gasteiger partial charge on any atom is -0.0617 e. The average molecular weight is 559 g/mol. The Bertz CT molecular complexity index is 1380. The van der Waals surface area contributed by atoms with Crippen molar-refractivity contribution < 1.29 is 0 Å². The molecule has 0 saturated heterocycles. The summed E-state index contributed by atoms with van der Waals surface area (Å²) < 4.78 is 0. The summed E-state index contributed by atoms with van der Waals surface area (Å²) in [5.74, 6) is 0. The van der Waals surface area contributed by atoms with Crippen LogP contribution in [0, 0.1) is 55.4 Å². The van der Waals surface area contributed by atoms with Crippen LogP contribution < -0.4 is 31.8 Å². The van der Waals surface area contributed by atoms with Crippen molar-refractivity contribution in [2.24, 2.45) is 0 Å². The van der Waals surface area contributed by atoms with Crippen molar-refractivity contribution >= 4 is 47.7 Å². The standard InChI is InChI=1S/C38H40P2/c1-25-15-11-16-26(2)35(25)39(36-27(3)17-12-18-28(36)4)33-23-9-10-24-34(33)40(37-29(5)19-13-20-30(37)6)38-31(7)21-14-22-32(38)8/h9-24H,1-8H3. The molecule has 0 fully saturated rings. The van der Waals surface area contributed by atoms with Gasteiger partial charge in [0.05, 0.1) is 0 Å². The zero-order chi connectivity index (χ0) is 28.6. The molecule has 5 aromatic rings. The molecule has 0 aliphatic rings. The number of benzene rings is 5. The summed E-state index contributed by atoms with van der Waals surface area (Å²) in [5, 5.41) is 8.98. The van der Waals surface area contributed by atoms with Gasteiger partial charge in [0.15, 0.2) is 0 Å². The molecule has 0 nitrogen and oxygen atoms in total. The van der Waals surface area contributed by atoms with Crippen LogP contribution in [0.3, 0.4) is 0 Å². The molecule has 0 aromatic heterocycles. The molecule has 5 rings (SSSR count). The van der Waals surface area contributed by atoms with E-state index in [1.54, 1.807) is 0 Å². The van der Waals surface area contributed by atoms with E-state index in [4.69, 9.17) is 0 Å². The van der Waals surface area contributed by atoms with Gasteiger partial charge in [0.2, 0.25) is 0 Å². The van der Waals surface area contributed by atoms with Gasteiger partial charge in [-0.1, -0.05) is 97.1 Å². The molecule has 2 heteroatoms. The summed E-state index contributed by atoms with van der Waals surface area (Å²) >= 11 is 0. The molecular formula is C38H40P2. The molecule has 0 atom stereocenters. The van der Waals surface area contributed by atoms with Crippen LogP contribution in [0.25, 0.3) is 0 Å². The van der Waals surface area contributed by atoms with E-state index in [9.17, 15) is 0 Å². The highest BCUT2D eigenvalue weighted by molar-refractivity contribution is 7.85. The highest BCUT2D eigenvalue weighted by Crippen LogP contribution is 2.43. The molecule has 0 N–H and O–H groups in total. The molecule has 40 heavy (non-hydrogen) atoms. The highest BCUT2D eigenvalue weighted by atomic mass is 31.1. The van der Waals surface area contributed by atoms with Crippen molar-refractivity contribution in [3.8, 4) is 0 Å². The molecule has 0 radical (unpaired) electrons. The molecule has 5 aromatic carbocycles. The molecule has 0 saturated carbocycles. The molecule has 0 unspecified atom stereocenters. The van der Waals surface area contributed by atoms with Crippen molar-refractivity contribution in [2.75, 3.05) is 0 Å². The summed E-state index contributed by atoms with van der Waals surface area (Å²) in [6, 6.07) is 36.6. The second-order valence-electron chi connectivity index (χ2n) is 11.1. The Morgan fingerprint density at radius 1 is 0.275 bits per heavy atom. The first-order valence-electron chi connectivity index (χ1n) is 14.1. The van der Waals surface area contributed by atoms with Gasteiger partial charge in [-0.2, -0.15) is 0 Å². The molecule has 0 aliphatic carbocycles. The predicted octanol–water partition coefficient (Wildman–Crippen LogP) is 7.67. The van der Waals surface area contributed by atoms with Crippen LogP contribution in [-0.2, 0) is 0 Å². The van der Waals surface area contributed by atoms with Crippen molar-refractivity contribution in [3.63, 3.8) is 0 Å². The van der Waals surface area contributed by atoms with Gasteiger partial charge < -0.3 is 0 Å². The van der Waals surface area contributed by atoms with Gasteiger partial charge in [-0.25, -0.2) is 0 Å². The van der Waals surface area contributed by atoms with E-state index in [2.05, 4.69) is 152 Å². The minimum absolute atomic E-state index is 0.786. The van der Waals surface area contributed by atoms with E-state index >= 15 is 0 Å². The fraction of sp³-hybridized carbons (Fsp3) is 0.211. The Balaban J connectivity index is 1.92. The van der Waals surface area contributed by atoms with E-state index in [0.717, 1.165) is 0 Å². The van der Waals surface area contributed by atoms with Gasteiger partial charge in [0, 0.05) is 0 Å². The summed E-state index contributed by atoms with van der Waals surface area (Å²) in [5.41, 5.74) is 11.1. The van der Waals surface area contributed by atoms with Crippen molar-refractivity contribution in [1.29, 1.82) is 0 Å². The van der Waals surface area contributed by atoms with Crippen LogP contribution in [0.15, 0.2) is 97.1 Å². The van der Waals surface area contributed by atoms with Crippen LogP contribution in [-0.4, -0.2) is 0 Å². The first-order valence-corrected chi connectivity index (χ1v) is 16.8. The molecular weight excluding hydrogens is 518 g/mol. The Morgan fingerprint density at radius 3 is 0.675 bits per heavy atom. The monoisotopic (exact) mass is 558 g/mol. The second-order valence-corrected chi connectivity index (χ2v) is 15.2. The topological polar surface area (TPSA) is 0 Å². The number of aryl methyl sites for hydroxylation is 8. The van der Waals surface area contributed by atoms with E-state index < -0.39 is 15.8 Å². The Labute approximate surface area is 244 Å². The molecule has 0 bridgehead atoms. The number of rotatable bonds is 6. The van der Waals surface area contributed by atoms with Gasteiger partial charge in [0.1, 0.15) is 0 Å². The van der Waals surface area contributed by atoms with Crippen LogP contribution in [0.5, 0.6) is 0 Å². The third kappa shape index (κ3) is 5.21. The lowest BCUT2D eigenvalue weighted by molar-refractivity contribution is 1.42. The van der Waals surface area contributed by atoms with Gasteiger partial charge in [-0.05, 0) is 148 Å². The molecule has 0 heterocycles. The van der Waals surface area contributed by atoms with Gasteiger partial charge >= 0.3 is 0 Å². The first kappa shape index (κ1) is 28.5. The third-order valence-corrected chi connectivity index (χ3v) is 14.5. The van der Waals surface area contributed by atoms with Gasteiger partial charge in [0.25, 0.3) is 0 Å². The largest absolute Gasteiger partial charge is 0.0617 e. The van der Waals surface area contributed by atoms with Gasteiger partial charge in [-0.3, -0.25) is 0 Å². The zero-order valence-corrected chi connectivity index (χ0v) is 26.9. The van der Waals surface area contributed by atoms with Crippen molar-refractivity contribution in [3.05, 3.63) is 142 Å². The lowest BCUT2D eigenvalue weighted by Crippen LogP contribution is -2.38. The summed E-state index contributed by atoms with van der Waals surface area (Å²) in [4.78, 5) is 0. The first-order chi connectivity index (χ1) is 19.2. The maximum atomic E-state index is 2.44. The maximum absolute atomic E-state index is 2.44. The molecule has 0 aliphatic heterocycles. The smallest absolute Gasteiger partial charge is 0.00672 e. The summed E-state index contributed by atoms with van der Waals surface area (Å²) in [6.07, 6.45) is 0. The zero-order valence-electron chi connectivity index (χ0n) is 25.1. The fourth-order valence-corrected chi connectivity index (χ4v) is 12.7. The van der Waals surface area contributed by atoms with Crippen LogP contribution in [0.4, 0.5) is 0 Å². The van der Waals surface area contributed by atoms with Crippen molar-refractivity contribution in [1.82, 2.24) is 0 Å². The van der Waals surface area contributed by atoms with Gasteiger partial charge in [-0.15, -0.1) is 0 Å². The van der Waals surface area contributed by atoms with Crippen LogP contribution in [0.1, 0.15) is 44.5 Å². The SMILES string of the molecule is Cc1cccc(C)c1P(c1ccccc1P(c1c(C)cccc1C)c1c(C)cccc1C)c1c(C)cccc1C. The third-order valence-electron chi connectivity index (χ3n) is 8.02. The normalized spacial score (nSPS) is 11.4. The second kappa shape index (κ2) is 11.8. The van der Waals surface area contributed by atoms with Crippen molar-refractivity contribution in [2.45, 2.75) is 55.4 Å². The summed E-state index contributed by atoms with van der Waals surface area (Å²) in [7, 11) is -1.57. The number of hydrogen-bond donors (Lipinski definition) is 0. The maximum Gasteiger partial charge on any atom is -0.00672 e. The Morgan fingerprint density at radius 2 is 0.475 bits per heavy atom. The van der Waals surface area contributed by atoms with E-state index in [-0.39, 0.29) is 0 Å². The highest BCUT2D eigenvalue weighted by Gasteiger charge is 2.31. The molecule has 0 amide bonds. The van der Waals surface area contributed by atoms with Crippen LogP contribution in [0.2, 0.25) is 0 Å². The van der Waals surface area contributed by atoms with E-state index in [1.807, 2.05) is 0 Å². The summed E-state index contributed by atoms with van der Waals surface area (Å²) in [6.45, 7) is 18.4. The lowest BCUT2D eigenvalue weighted by Gasteiger charge is -2.32. The van der Waals surface area contributed by atoms with E-state index in [0.29, 0.717) is 0 Å².